The number of rotatable bonds is 1. The highest BCUT2D eigenvalue weighted by molar-refractivity contribution is 6.35. The number of nitrogens with zero attached hydrogens (tertiary/aromatic N) is 2. The first-order chi connectivity index (χ1) is 8.80. The Labute approximate surface area is 110 Å². The second-order valence-corrected chi connectivity index (χ2v) is 3.99. The number of benzene rings is 1. The van der Waals surface area contributed by atoms with Crippen LogP contribution in [0.3, 0.4) is 0 Å². The van der Waals surface area contributed by atoms with Crippen LogP contribution in [0.15, 0.2) is 24.5 Å². The summed E-state index contributed by atoms with van der Waals surface area (Å²) in [7, 11) is 0. The van der Waals surface area contributed by atoms with Crippen LogP contribution in [0.1, 0.15) is 5.56 Å². The Morgan fingerprint density at radius 3 is 2.42 bits per heavy atom. The third-order valence-electron chi connectivity index (χ3n) is 2.36. The lowest BCUT2D eigenvalue weighted by atomic mass is 10.1. The SMILES string of the molecule is Nc1ncnc(-c2ccc(C(F)(F)F)c(F)c2)c1Cl. The van der Waals surface area contributed by atoms with Crippen molar-refractivity contribution >= 4 is 17.4 Å². The van der Waals surface area contributed by atoms with Crippen molar-refractivity contribution in [1.82, 2.24) is 9.97 Å². The molecule has 3 nitrogen and oxygen atoms in total. The van der Waals surface area contributed by atoms with Crippen LogP contribution >= 0.6 is 11.6 Å². The van der Waals surface area contributed by atoms with E-state index in [9.17, 15) is 17.6 Å². The molecule has 0 aliphatic heterocycles. The van der Waals surface area contributed by atoms with Gasteiger partial charge in [0.2, 0.25) is 0 Å². The lowest BCUT2D eigenvalue weighted by molar-refractivity contribution is -0.139. The van der Waals surface area contributed by atoms with Crippen molar-refractivity contribution in [3.05, 3.63) is 40.9 Å². The first kappa shape index (κ1) is 13.5. The van der Waals surface area contributed by atoms with E-state index in [-0.39, 0.29) is 22.1 Å². The second-order valence-electron chi connectivity index (χ2n) is 3.61. The van der Waals surface area contributed by atoms with E-state index in [4.69, 9.17) is 17.3 Å². The molecule has 0 atom stereocenters. The molecule has 0 saturated carbocycles. The van der Waals surface area contributed by atoms with Crippen LogP contribution in [0.25, 0.3) is 11.3 Å². The molecule has 1 aromatic heterocycles. The summed E-state index contributed by atoms with van der Waals surface area (Å²) in [4.78, 5) is 7.38. The highest BCUT2D eigenvalue weighted by Crippen LogP contribution is 2.35. The zero-order chi connectivity index (χ0) is 14.2. The molecular weight excluding hydrogens is 286 g/mol. The first-order valence-electron chi connectivity index (χ1n) is 4.94. The zero-order valence-corrected chi connectivity index (χ0v) is 9.93. The Morgan fingerprint density at radius 1 is 1.16 bits per heavy atom. The summed E-state index contributed by atoms with van der Waals surface area (Å²) < 4.78 is 50.7. The first-order valence-corrected chi connectivity index (χ1v) is 5.31. The predicted octanol–water partition coefficient (Wildman–Crippen LogP) is 3.54. The number of alkyl halides is 3. The van der Waals surface area contributed by atoms with E-state index in [1.165, 1.54) is 0 Å². The number of hydrogen-bond acceptors (Lipinski definition) is 3. The molecule has 2 aromatic rings. The van der Waals surface area contributed by atoms with Gasteiger partial charge in [0, 0.05) is 5.56 Å². The van der Waals surface area contributed by atoms with Gasteiger partial charge in [-0.05, 0) is 12.1 Å². The fourth-order valence-corrected chi connectivity index (χ4v) is 1.68. The number of nitrogen functional groups attached to an aromatic ring is 1. The maximum absolute atomic E-state index is 13.4. The Morgan fingerprint density at radius 2 is 1.84 bits per heavy atom. The molecule has 0 amide bonds. The van der Waals surface area contributed by atoms with Crippen molar-refractivity contribution < 1.29 is 17.6 Å². The third kappa shape index (κ3) is 2.60. The molecule has 2 rings (SSSR count). The van der Waals surface area contributed by atoms with Crippen molar-refractivity contribution in [2.75, 3.05) is 5.73 Å². The summed E-state index contributed by atoms with van der Waals surface area (Å²) in [5.74, 6) is -1.44. The number of aromatic nitrogens is 2. The molecule has 1 aromatic carbocycles. The highest BCUT2D eigenvalue weighted by atomic mass is 35.5. The van der Waals surface area contributed by atoms with Crippen LogP contribution in [0.2, 0.25) is 5.02 Å². The topological polar surface area (TPSA) is 51.8 Å². The molecular formula is C11H6ClF4N3. The summed E-state index contributed by atoms with van der Waals surface area (Å²) in [6.45, 7) is 0. The summed E-state index contributed by atoms with van der Waals surface area (Å²) in [6.07, 6.45) is -3.66. The van der Waals surface area contributed by atoms with Gasteiger partial charge < -0.3 is 5.73 Å². The minimum absolute atomic E-state index is 0.0352. The van der Waals surface area contributed by atoms with Crippen LogP contribution in [-0.4, -0.2) is 9.97 Å². The normalized spacial score (nSPS) is 11.6. The monoisotopic (exact) mass is 291 g/mol. The van der Waals surface area contributed by atoms with Crippen LogP contribution in [-0.2, 0) is 6.18 Å². The quantitative estimate of drug-likeness (QED) is 0.818. The van der Waals surface area contributed by atoms with Gasteiger partial charge in [0.05, 0.1) is 11.3 Å². The molecule has 100 valence electrons. The van der Waals surface area contributed by atoms with Crippen LogP contribution in [0.4, 0.5) is 23.4 Å². The van der Waals surface area contributed by atoms with E-state index in [0.717, 1.165) is 12.4 Å². The van der Waals surface area contributed by atoms with E-state index in [1.807, 2.05) is 0 Å². The van der Waals surface area contributed by atoms with E-state index < -0.39 is 17.6 Å². The van der Waals surface area contributed by atoms with Gasteiger partial charge in [0.15, 0.2) is 0 Å². The third-order valence-corrected chi connectivity index (χ3v) is 2.74. The lowest BCUT2D eigenvalue weighted by Gasteiger charge is -2.10. The van der Waals surface area contributed by atoms with Gasteiger partial charge in [-0.15, -0.1) is 0 Å². The van der Waals surface area contributed by atoms with Gasteiger partial charge in [-0.25, -0.2) is 14.4 Å². The fraction of sp³-hybridized carbons (Fsp3) is 0.0909. The summed E-state index contributed by atoms with van der Waals surface area (Å²) in [5.41, 5.74) is 4.24. The molecule has 8 heteroatoms. The minimum Gasteiger partial charge on any atom is -0.382 e. The lowest BCUT2D eigenvalue weighted by Crippen LogP contribution is -2.08. The highest BCUT2D eigenvalue weighted by Gasteiger charge is 2.34. The standard InChI is InChI=1S/C11H6ClF4N3/c12-8-9(18-4-19-10(8)17)5-1-2-6(7(13)3-5)11(14,15)16/h1-4H,(H2,17,18,19). The minimum atomic E-state index is -4.75. The van der Waals surface area contributed by atoms with Crippen molar-refractivity contribution in [2.24, 2.45) is 0 Å². The van der Waals surface area contributed by atoms with Gasteiger partial charge in [-0.1, -0.05) is 17.7 Å². The van der Waals surface area contributed by atoms with Gasteiger partial charge >= 0.3 is 6.18 Å². The molecule has 19 heavy (non-hydrogen) atoms. The number of halogens is 5. The Bertz CT molecular complexity index is 628. The smallest absolute Gasteiger partial charge is 0.382 e. The van der Waals surface area contributed by atoms with Crippen molar-refractivity contribution in [3.63, 3.8) is 0 Å². The zero-order valence-electron chi connectivity index (χ0n) is 9.17. The van der Waals surface area contributed by atoms with Gasteiger partial charge in [0.1, 0.15) is 23.0 Å². The van der Waals surface area contributed by atoms with E-state index in [1.54, 1.807) is 0 Å². The van der Waals surface area contributed by atoms with Crippen LogP contribution in [0.5, 0.6) is 0 Å². The van der Waals surface area contributed by atoms with Crippen molar-refractivity contribution in [1.29, 1.82) is 0 Å². The summed E-state index contributed by atoms with van der Waals surface area (Å²) >= 11 is 5.82. The molecule has 0 radical (unpaired) electrons. The molecule has 0 bridgehead atoms. The molecule has 2 N–H and O–H groups in total. The fourth-order valence-electron chi connectivity index (χ4n) is 1.48. The Balaban J connectivity index is 2.54. The maximum Gasteiger partial charge on any atom is 0.419 e. The van der Waals surface area contributed by atoms with Gasteiger partial charge in [-0.2, -0.15) is 13.2 Å². The number of nitrogens with two attached hydrogens (primary N) is 1. The Kier molecular flexibility index (Phi) is 3.32. The molecule has 0 aliphatic carbocycles. The van der Waals surface area contributed by atoms with Crippen LogP contribution in [0, 0.1) is 5.82 Å². The van der Waals surface area contributed by atoms with Crippen molar-refractivity contribution in [2.45, 2.75) is 6.18 Å². The van der Waals surface area contributed by atoms with Crippen molar-refractivity contribution in [3.8, 4) is 11.3 Å². The number of anilines is 1. The molecule has 0 saturated heterocycles. The predicted molar refractivity (Wildman–Crippen MR) is 61.9 cm³/mol. The van der Waals surface area contributed by atoms with Crippen LogP contribution < -0.4 is 5.73 Å². The Hall–Kier alpha value is -1.89. The van der Waals surface area contributed by atoms with E-state index in [0.29, 0.717) is 12.1 Å². The van der Waals surface area contributed by atoms with E-state index in [2.05, 4.69) is 9.97 Å². The molecule has 0 spiro atoms. The number of hydrogen-bond donors (Lipinski definition) is 1. The second kappa shape index (κ2) is 4.65. The maximum atomic E-state index is 13.4. The van der Waals surface area contributed by atoms with Gasteiger partial charge in [-0.3, -0.25) is 0 Å². The van der Waals surface area contributed by atoms with E-state index >= 15 is 0 Å². The molecule has 0 fully saturated rings. The summed E-state index contributed by atoms with van der Waals surface area (Å²) in [5, 5.41) is -0.0401. The van der Waals surface area contributed by atoms with Gasteiger partial charge in [0.25, 0.3) is 0 Å². The largest absolute Gasteiger partial charge is 0.419 e. The average Bonchev–Trinajstić information content (AvgIpc) is 2.31. The molecule has 0 unspecified atom stereocenters. The summed E-state index contributed by atoms with van der Waals surface area (Å²) in [6, 6.07) is 2.40. The average molecular weight is 292 g/mol. The molecule has 0 aliphatic rings. The molecule has 1 heterocycles.